The Labute approximate surface area is 110 Å². The smallest absolute Gasteiger partial charge is 0.406 e. The zero-order chi connectivity index (χ0) is 14.3. The maximum Gasteiger partial charge on any atom is 0.573 e. The Hall–Kier alpha value is -1.53. The van der Waals surface area contributed by atoms with E-state index >= 15 is 0 Å². The van der Waals surface area contributed by atoms with Crippen LogP contribution in [0.2, 0.25) is 0 Å². The minimum atomic E-state index is -4.67. The highest BCUT2D eigenvalue weighted by Crippen LogP contribution is 2.24. The average Bonchev–Trinajstić information content (AvgIpc) is 2.34. The predicted octanol–water partition coefficient (Wildman–Crippen LogP) is 2.75. The van der Waals surface area contributed by atoms with Gasteiger partial charge in [-0.2, -0.15) is 0 Å². The second-order valence-electron chi connectivity index (χ2n) is 3.94. The van der Waals surface area contributed by atoms with Crippen molar-refractivity contribution in [3.63, 3.8) is 0 Å². The van der Waals surface area contributed by atoms with Crippen molar-refractivity contribution in [3.8, 4) is 5.75 Å². The van der Waals surface area contributed by atoms with Crippen molar-refractivity contribution < 1.29 is 17.9 Å². The molecule has 0 aliphatic carbocycles. The van der Waals surface area contributed by atoms with Gasteiger partial charge in [-0.25, -0.2) is 0 Å². The second-order valence-corrected chi connectivity index (χ2v) is 3.94. The summed E-state index contributed by atoms with van der Waals surface area (Å²) in [6, 6.07) is 5.60. The van der Waals surface area contributed by atoms with Gasteiger partial charge in [0, 0.05) is 12.6 Å². The molecule has 0 spiro atoms. The number of hydrogen-bond acceptors (Lipinski definition) is 3. The van der Waals surface area contributed by atoms with E-state index < -0.39 is 6.36 Å². The van der Waals surface area contributed by atoms with Crippen LogP contribution in [0.1, 0.15) is 18.0 Å². The number of alkyl halides is 3. The molecule has 1 unspecified atom stereocenters. The van der Waals surface area contributed by atoms with Crippen molar-refractivity contribution >= 4 is 0 Å². The Morgan fingerprint density at radius 1 is 1.32 bits per heavy atom. The van der Waals surface area contributed by atoms with Crippen LogP contribution in [0, 0.1) is 0 Å². The Balaban J connectivity index is 2.65. The maximum absolute atomic E-state index is 12.0. The maximum atomic E-state index is 12.0. The largest absolute Gasteiger partial charge is 0.573 e. The van der Waals surface area contributed by atoms with Gasteiger partial charge in [0.2, 0.25) is 0 Å². The SMILES string of the molecule is C=CCCNC(CN)c1ccc(OC(F)(F)F)cc1. The van der Waals surface area contributed by atoms with Crippen LogP contribution < -0.4 is 15.8 Å². The highest BCUT2D eigenvalue weighted by Gasteiger charge is 2.31. The predicted molar refractivity (Wildman–Crippen MR) is 67.7 cm³/mol. The molecule has 6 heteroatoms. The molecular weight excluding hydrogens is 257 g/mol. The lowest BCUT2D eigenvalue weighted by molar-refractivity contribution is -0.274. The molecule has 1 atom stereocenters. The Morgan fingerprint density at radius 3 is 2.42 bits per heavy atom. The minimum absolute atomic E-state index is 0.0973. The van der Waals surface area contributed by atoms with Gasteiger partial charge in [-0.15, -0.1) is 19.8 Å². The first-order valence-electron chi connectivity index (χ1n) is 5.86. The molecule has 0 aliphatic rings. The third-order valence-electron chi connectivity index (χ3n) is 2.49. The van der Waals surface area contributed by atoms with Gasteiger partial charge in [0.05, 0.1) is 0 Å². The normalized spacial score (nSPS) is 13.1. The van der Waals surface area contributed by atoms with Crippen molar-refractivity contribution in [2.45, 2.75) is 18.8 Å². The van der Waals surface area contributed by atoms with Crippen LogP contribution in [0.3, 0.4) is 0 Å². The third kappa shape index (κ3) is 5.76. The molecule has 0 aliphatic heterocycles. The topological polar surface area (TPSA) is 47.3 Å². The highest BCUT2D eigenvalue weighted by atomic mass is 19.4. The van der Waals surface area contributed by atoms with Crippen LogP contribution >= 0.6 is 0 Å². The Kier molecular flexibility index (Phi) is 5.85. The lowest BCUT2D eigenvalue weighted by Gasteiger charge is -2.17. The fourth-order valence-electron chi connectivity index (χ4n) is 1.60. The van der Waals surface area contributed by atoms with Crippen molar-refractivity contribution in [1.29, 1.82) is 0 Å². The minimum Gasteiger partial charge on any atom is -0.406 e. The number of rotatable bonds is 7. The number of hydrogen-bond donors (Lipinski definition) is 2. The number of benzene rings is 1. The van der Waals surface area contributed by atoms with Crippen molar-refractivity contribution in [3.05, 3.63) is 42.5 Å². The van der Waals surface area contributed by atoms with Crippen molar-refractivity contribution in [2.24, 2.45) is 5.73 Å². The molecule has 0 radical (unpaired) electrons. The molecule has 0 amide bonds. The molecule has 0 heterocycles. The molecule has 0 aromatic heterocycles. The lowest BCUT2D eigenvalue weighted by Crippen LogP contribution is -2.28. The van der Waals surface area contributed by atoms with Crippen LogP contribution in [-0.4, -0.2) is 19.5 Å². The Morgan fingerprint density at radius 2 is 1.95 bits per heavy atom. The van der Waals surface area contributed by atoms with Gasteiger partial charge < -0.3 is 15.8 Å². The molecule has 1 aromatic rings. The van der Waals surface area contributed by atoms with E-state index in [-0.39, 0.29) is 11.8 Å². The molecule has 106 valence electrons. The van der Waals surface area contributed by atoms with E-state index in [0.29, 0.717) is 13.1 Å². The van der Waals surface area contributed by atoms with E-state index in [9.17, 15) is 13.2 Å². The van der Waals surface area contributed by atoms with Gasteiger partial charge in [-0.1, -0.05) is 18.2 Å². The molecule has 0 fully saturated rings. The lowest BCUT2D eigenvalue weighted by atomic mass is 10.1. The molecule has 1 rings (SSSR count). The summed E-state index contributed by atoms with van der Waals surface area (Å²) in [5, 5.41) is 3.20. The quantitative estimate of drug-likeness (QED) is 0.593. The van der Waals surface area contributed by atoms with Crippen LogP contribution in [0.5, 0.6) is 5.75 Å². The fraction of sp³-hybridized carbons (Fsp3) is 0.385. The zero-order valence-electron chi connectivity index (χ0n) is 10.4. The van der Waals surface area contributed by atoms with E-state index in [0.717, 1.165) is 12.0 Å². The summed E-state index contributed by atoms with van der Waals surface area (Å²) in [6.45, 7) is 4.68. The molecular formula is C13H17F3N2O. The molecule has 3 N–H and O–H groups in total. The monoisotopic (exact) mass is 274 g/mol. The number of nitrogens with two attached hydrogens (primary N) is 1. The summed E-state index contributed by atoms with van der Waals surface area (Å²) in [6.07, 6.45) is -2.09. The van der Waals surface area contributed by atoms with E-state index in [4.69, 9.17) is 5.73 Å². The van der Waals surface area contributed by atoms with E-state index in [1.165, 1.54) is 12.1 Å². The summed E-state index contributed by atoms with van der Waals surface area (Å²) in [5.74, 6) is -0.238. The summed E-state index contributed by atoms with van der Waals surface area (Å²) < 4.78 is 39.8. The van der Waals surface area contributed by atoms with Crippen LogP contribution in [0.15, 0.2) is 36.9 Å². The van der Waals surface area contributed by atoms with Gasteiger partial charge in [0.1, 0.15) is 5.75 Å². The first-order chi connectivity index (χ1) is 8.96. The van der Waals surface area contributed by atoms with Crippen LogP contribution in [0.25, 0.3) is 0 Å². The summed E-state index contributed by atoms with van der Waals surface area (Å²) in [5.41, 5.74) is 6.45. The van der Waals surface area contributed by atoms with E-state index in [1.807, 2.05) is 0 Å². The van der Waals surface area contributed by atoms with Gasteiger partial charge >= 0.3 is 6.36 Å². The summed E-state index contributed by atoms with van der Waals surface area (Å²) in [4.78, 5) is 0. The average molecular weight is 274 g/mol. The van der Waals surface area contributed by atoms with Gasteiger partial charge in [-0.05, 0) is 30.7 Å². The van der Waals surface area contributed by atoms with E-state index in [1.54, 1.807) is 18.2 Å². The first kappa shape index (κ1) is 15.5. The first-order valence-corrected chi connectivity index (χ1v) is 5.86. The Bertz CT molecular complexity index is 390. The molecule has 0 saturated heterocycles. The van der Waals surface area contributed by atoms with Crippen LogP contribution in [0.4, 0.5) is 13.2 Å². The molecule has 19 heavy (non-hydrogen) atoms. The molecule has 3 nitrogen and oxygen atoms in total. The fourth-order valence-corrected chi connectivity index (χ4v) is 1.60. The standard InChI is InChI=1S/C13H17F3N2O/c1-2-3-8-18-12(9-17)10-4-6-11(7-5-10)19-13(14,15)16/h2,4-7,12,18H,1,3,8-9,17H2. The van der Waals surface area contributed by atoms with Crippen molar-refractivity contribution in [1.82, 2.24) is 5.32 Å². The zero-order valence-corrected chi connectivity index (χ0v) is 10.4. The van der Waals surface area contributed by atoms with Crippen LogP contribution in [-0.2, 0) is 0 Å². The second kappa shape index (κ2) is 7.16. The molecule has 0 saturated carbocycles. The number of nitrogens with one attached hydrogen (secondary N) is 1. The molecule has 1 aromatic carbocycles. The number of ether oxygens (including phenoxy) is 1. The van der Waals surface area contributed by atoms with Gasteiger partial charge in [0.25, 0.3) is 0 Å². The highest BCUT2D eigenvalue weighted by molar-refractivity contribution is 5.29. The van der Waals surface area contributed by atoms with Gasteiger partial charge in [-0.3, -0.25) is 0 Å². The third-order valence-corrected chi connectivity index (χ3v) is 2.49. The summed E-state index contributed by atoms with van der Waals surface area (Å²) >= 11 is 0. The van der Waals surface area contributed by atoms with Crippen molar-refractivity contribution in [2.75, 3.05) is 13.1 Å². The van der Waals surface area contributed by atoms with Gasteiger partial charge in [0.15, 0.2) is 0 Å². The molecule has 0 bridgehead atoms. The van der Waals surface area contributed by atoms with E-state index in [2.05, 4.69) is 16.6 Å². The number of halogens is 3. The summed E-state index contributed by atoms with van der Waals surface area (Å²) in [7, 11) is 0.